The third-order valence-electron chi connectivity index (χ3n) is 0. The molecule has 0 unspecified atom stereocenters. The first-order valence-corrected chi connectivity index (χ1v) is 3.74. The molecule has 7 nitrogen and oxygen atoms in total. The molecule has 7 N–H and O–H groups in total. The number of hydrogen-bond donors (Lipinski definition) is 5. The van der Waals surface area contributed by atoms with Gasteiger partial charge >= 0.3 is 0 Å². The van der Waals surface area contributed by atoms with Crippen LogP contribution in [0.1, 0.15) is 0 Å². The molecule has 0 fully saturated rings. The van der Waals surface area contributed by atoms with Crippen molar-refractivity contribution >= 4 is 21.8 Å². The third-order valence-corrected chi connectivity index (χ3v) is 0. The molecule has 0 aromatic rings. The van der Waals surface area contributed by atoms with Gasteiger partial charge in [0.15, 0.2) is 21.8 Å². The van der Waals surface area contributed by atoms with Gasteiger partial charge in [0.05, 0.1) is 0 Å². The molecule has 60 valence electrons. The summed E-state index contributed by atoms with van der Waals surface area (Å²) in [7, 11) is -5.24. The molecule has 0 heterocycles. The zero-order chi connectivity index (χ0) is 7.15. The van der Waals surface area contributed by atoms with Gasteiger partial charge in [0.25, 0.3) is 0 Å². The first-order chi connectivity index (χ1) is 3.46. The van der Waals surface area contributed by atoms with Gasteiger partial charge in [-0.2, -0.15) is 0 Å². The maximum Gasteiger partial charge on any atom is 0.198 e. The molecule has 0 aliphatic rings. The summed E-state index contributed by atoms with van der Waals surface area (Å²) in [4.78, 5) is 0. The van der Waals surface area contributed by atoms with Crippen molar-refractivity contribution in [1.29, 1.82) is 0 Å². The van der Waals surface area contributed by atoms with Gasteiger partial charge in [0, 0.05) is 0 Å². The largest absolute Gasteiger partial charge is 0.344 e. The molecule has 0 atom stereocenters. The highest BCUT2D eigenvalue weighted by molar-refractivity contribution is 7.70. The van der Waals surface area contributed by atoms with E-state index in [4.69, 9.17) is 16.8 Å². The van der Waals surface area contributed by atoms with Crippen LogP contribution < -0.4 is 16.4 Å². The highest BCUT2D eigenvalue weighted by Crippen LogP contribution is 1.14. The summed E-state index contributed by atoms with van der Waals surface area (Å²) in [6, 6.07) is 0. The molecular weight excluding hydrogens is 170 g/mol. The first kappa shape index (κ1) is 15.9. The van der Waals surface area contributed by atoms with Crippen LogP contribution in [0.3, 0.4) is 0 Å². The minimum Gasteiger partial charge on any atom is -0.344 e. The average Bonchev–Trinajstić information content (AvgIpc) is 1.25. The molecule has 0 saturated heterocycles. The van der Waals surface area contributed by atoms with Crippen LogP contribution in [0.15, 0.2) is 0 Å². The van der Waals surface area contributed by atoms with E-state index in [1.54, 1.807) is 0 Å². The van der Waals surface area contributed by atoms with Crippen LogP contribution in [0, 0.1) is 0 Å². The van der Waals surface area contributed by atoms with Gasteiger partial charge in [-0.15, -0.1) is 0 Å². The Balaban J connectivity index is -0.0000000720. The lowest BCUT2D eigenvalue weighted by Gasteiger charge is -1.44. The van der Waals surface area contributed by atoms with Crippen LogP contribution >= 0.6 is 0 Å². The van der Waals surface area contributed by atoms with Crippen LogP contribution in [0.5, 0.6) is 0 Å². The quantitative estimate of drug-likeness (QED) is 0.252. The van der Waals surface area contributed by atoms with Gasteiger partial charge in [-0.1, -0.05) is 0 Å². The van der Waals surface area contributed by atoms with E-state index in [1.165, 1.54) is 0 Å². The fourth-order valence-corrected chi connectivity index (χ4v) is 0. The molecule has 9 heteroatoms. The Morgan fingerprint density at radius 1 is 0.778 bits per heavy atom. The lowest BCUT2D eigenvalue weighted by molar-refractivity contribution is 0.614. The van der Waals surface area contributed by atoms with Crippen LogP contribution in [0.2, 0.25) is 0 Å². The SMILES string of the molecule is N.N[SH](=O)=O.N[SH](=O)=O. The van der Waals surface area contributed by atoms with E-state index < -0.39 is 21.8 Å². The molecule has 0 rings (SSSR count). The second kappa shape index (κ2) is 10.7. The van der Waals surface area contributed by atoms with E-state index in [0.29, 0.717) is 0 Å². The Hall–Kier alpha value is -0.220. The van der Waals surface area contributed by atoms with Gasteiger partial charge in [-0.05, 0) is 0 Å². The zero-order valence-electron chi connectivity index (χ0n) is 4.39. The van der Waals surface area contributed by atoms with Crippen molar-refractivity contribution in [1.82, 2.24) is 6.15 Å². The average molecular weight is 179 g/mol. The first-order valence-electron chi connectivity index (χ1n) is 1.25. The van der Waals surface area contributed by atoms with Gasteiger partial charge in [0.2, 0.25) is 0 Å². The molecular formula is H9N3O4S2. The normalized spacial score (nSPS) is 7.56. The molecule has 0 amide bonds. The van der Waals surface area contributed by atoms with E-state index in [9.17, 15) is 0 Å². The molecule has 0 saturated carbocycles. The van der Waals surface area contributed by atoms with Gasteiger partial charge in [-0.3, -0.25) is 0 Å². The van der Waals surface area contributed by atoms with Crippen molar-refractivity contribution in [3.8, 4) is 0 Å². The Labute approximate surface area is 55.8 Å². The van der Waals surface area contributed by atoms with Crippen LogP contribution in [0.4, 0.5) is 0 Å². The molecule has 0 aliphatic carbocycles. The molecule has 0 aromatic carbocycles. The number of nitrogens with two attached hydrogens (primary N) is 2. The Morgan fingerprint density at radius 2 is 0.778 bits per heavy atom. The maximum absolute atomic E-state index is 8.81. The smallest absolute Gasteiger partial charge is 0.198 e. The van der Waals surface area contributed by atoms with E-state index in [-0.39, 0.29) is 6.15 Å². The summed E-state index contributed by atoms with van der Waals surface area (Å²) in [5, 5.41) is 8.13. The van der Waals surface area contributed by atoms with Gasteiger partial charge in [-0.25, -0.2) is 27.1 Å². The topological polar surface area (TPSA) is 155 Å². The lowest BCUT2D eigenvalue weighted by Crippen LogP contribution is -1.85. The minimum atomic E-state index is -2.62. The fourth-order valence-electron chi connectivity index (χ4n) is 0. The minimum absolute atomic E-state index is 0. The van der Waals surface area contributed by atoms with Crippen LogP contribution in [-0.2, 0) is 21.8 Å². The predicted molar refractivity (Wildman–Crippen MR) is 34.0 cm³/mol. The van der Waals surface area contributed by atoms with Crippen LogP contribution in [0.25, 0.3) is 0 Å². The monoisotopic (exact) mass is 179 g/mol. The van der Waals surface area contributed by atoms with E-state index in [0.717, 1.165) is 0 Å². The Bertz CT molecular complexity index is 131. The fraction of sp³-hybridized carbons (Fsp3) is 0. The molecule has 9 heavy (non-hydrogen) atoms. The second-order valence-corrected chi connectivity index (χ2v) is 1.71. The summed E-state index contributed by atoms with van der Waals surface area (Å²) >= 11 is 0. The second-order valence-electron chi connectivity index (χ2n) is 0.571. The molecule has 0 aliphatic heterocycles. The number of thiol groups is 2. The van der Waals surface area contributed by atoms with E-state index in [2.05, 4.69) is 10.3 Å². The lowest BCUT2D eigenvalue weighted by atomic mass is 13.9. The standard InChI is InChI=1S/2H3NO2S.H3N/c2*1-4(2)3;/h2*4H,(H2,1,2,3);1H3. The highest BCUT2D eigenvalue weighted by Gasteiger charge is 1.42. The summed E-state index contributed by atoms with van der Waals surface area (Å²) < 4.78 is 35.3. The maximum atomic E-state index is 8.81. The van der Waals surface area contributed by atoms with Crippen molar-refractivity contribution in [2.45, 2.75) is 0 Å². The Kier molecular flexibility index (Phi) is 18.9. The molecule has 0 radical (unpaired) electrons. The molecule has 0 aromatic heterocycles. The van der Waals surface area contributed by atoms with Crippen molar-refractivity contribution < 1.29 is 16.8 Å². The van der Waals surface area contributed by atoms with Crippen molar-refractivity contribution in [2.75, 3.05) is 0 Å². The number of hydrogen-bond acceptors (Lipinski definition) is 5. The number of rotatable bonds is 0. The summed E-state index contributed by atoms with van der Waals surface area (Å²) in [6.45, 7) is 0. The van der Waals surface area contributed by atoms with E-state index in [1.807, 2.05) is 0 Å². The highest BCUT2D eigenvalue weighted by atomic mass is 32.2. The van der Waals surface area contributed by atoms with Gasteiger partial charge in [0.1, 0.15) is 0 Å². The summed E-state index contributed by atoms with van der Waals surface area (Å²) in [5.41, 5.74) is 0. The Morgan fingerprint density at radius 3 is 0.778 bits per heavy atom. The summed E-state index contributed by atoms with van der Waals surface area (Å²) in [6.07, 6.45) is 0. The van der Waals surface area contributed by atoms with Crippen LogP contribution in [-0.4, -0.2) is 16.8 Å². The van der Waals surface area contributed by atoms with Crippen molar-refractivity contribution in [3.05, 3.63) is 0 Å². The van der Waals surface area contributed by atoms with E-state index >= 15 is 0 Å². The third kappa shape index (κ3) is 5370. The molecule has 0 bridgehead atoms. The molecule has 0 spiro atoms. The predicted octanol–water partition coefficient (Wildman–Crippen LogP) is -2.90. The van der Waals surface area contributed by atoms with Gasteiger partial charge < -0.3 is 6.15 Å². The summed E-state index contributed by atoms with van der Waals surface area (Å²) in [5.74, 6) is 0. The van der Waals surface area contributed by atoms with Crippen molar-refractivity contribution in [2.24, 2.45) is 10.3 Å². The zero-order valence-corrected chi connectivity index (χ0v) is 6.18. The van der Waals surface area contributed by atoms with Crippen molar-refractivity contribution in [3.63, 3.8) is 0 Å².